The van der Waals surface area contributed by atoms with Crippen LogP contribution in [0.1, 0.15) is 17.4 Å². The fourth-order valence-electron chi connectivity index (χ4n) is 2.19. The van der Waals surface area contributed by atoms with Crippen LogP contribution in [0.15, 0.2) is 18.3 Å². The van der Waals surface area contributed by atoms with Crippen LogP contribution in [0.2, 0.25) is 0 Å². The van der Waals surface area contributed by atoms with Crippen molar-refractivity contribution in [3.8, 4) is 0 Å². The number of piperazine rings is 1. The van der Waals surface area contributed by atoms with Crippen LogP contribution in [0.3, 0.4) is 0 Å². The van der Waals surface area contributed by atoms with E-state index in [1.54, 1.807) is 18.3 Å². The molecule has 0 bridgehead atoms. The van der Waals surface area contributed by atoms with Crippen molar-refractivity contribution in [3.05, 3.63) is 24.0 Å². The summed E-state index contributed by atoms with van der Waals surface area (Å²) < 4.78 is 0. The number of hydrazine groups is 1. The predicted octanol–water partition coefficient (Wildman–Crippen LogP) is 0.143. The summed E-state index contributed by atoms with van der Waals surface area (Å²) >= 11 is 0. The molecule has 0 aromatic carbocycles. The van der Waals surface area contributed by atoms with E-state index in [4.69, 9.17) is 5.84 Å². The summed E-state index contributed by atoms with van der Waals surface area (Å²) in [4.78, 5) is 20.5. The lowest BCUT2D eigenvalue weighted by molar-refractivity contribution is 0.0528. The lowest BCUT2D eigenvalue weighted by Gasteiger charge is -2.38. The lowest BCUT2D eigenvalue weighted by Crippen LogP contribution is -2.52. The monoisotopic (exact) mass is 249 g/mol. The Morgan fingerprint density at radius 2 is 2.28 bits per heavy atom. The highest BCUT2D eigenvalue weighted by molar-refractivity contribution is 5.92. The quantitative estimate of drug-likeness (QED) is 0.576. The van der Waals surface area contributed by atoms with Gasteiger partial charge >= 0.3 is 0 Å². The average Bonchev–Trinajstić information content (AvgIpc) is 2.38. The molecule has 3 N–H and O–H groups in total. The molecule has 1 aromatic rings. The maximum atomic E-state index is 12.3. The number of nitrogens with zero attached hydrogens (tertiary/aromatic N) is 3. The first-order chi connectivity index (χ1) is 8.61. The topological polar surface area (TPSA) is 74.5 Å². The number of rotatable bonds is 2. The highest BCUT2D eigenvalue weighted by atomic mass is 16.2. The Kier molecular flexibility index (Phi) is 3.78. The fraction of sp³-hybridized carbons (Fsp3) is 0.500. The van der Waals surface area contributed by atoms with Gasteiger partial charge in [0.1, 0.15) is 5.69 Å². The Bertz CT molecular complexity index is 419. The van der Waals surface area contributed by atoms with Crippen LogP contribution in [-0.4, -0.2) is 53.4 Å². The van der Waals surface area contributed by atoms with E-state index in [1.165, 1.54) is 0 Å². The second-order valence-electron chi connectivity index (χ2n) is 4.69. The molecule has 98 valence electrons. The summed E-state index contributed by atoms with van der Waals surface area (Å²) in [5.74, 6) is 5.25. The molecule has 0 radical (unpaired) electrons. The minimum Gasteiger partial charge on any atom is -0.332 e. The Labute approximate surface area is 107 Å². The number of aromatic nitrogens is 1. The van der Waals surface area contributed by atoms with E-state index >= 15 is 0 Å². The second kappa shape index (κ2) is 5.32. The van der Waals surface area contributed by atoms with Crippen molar-refractivity contribution in [2.45, 2.75) is 13.0 Å². The summed E-state index contributed by atoms with van der Waals surface area (Å²) in [5, 5.41) is 0. The molecule has 2 heterocycles. The first-order valence-corrected chi connectivity index (χ1v) is 6.04. The molecule has 1 aromatic heterocycles. The SMILES string of the molecule is CC1CN(C)CCN1C(=O)c1ccc(NN)cn1. The summed E-state index contributed by atoms with van der Waals surface area (Å²) in [6.45, 7) is 4.60. The number of nitrogens with two attached hydrogens (primary N) is 1. The number of likely N-dealkylation sites (N-methyl/N-ethyl adjacent to an activating group) is 1. The highest BCUT2D eigenvalue weighted by Gasteiger charge is 2.26. The maximum absolute atomic E-state index is 12.3. The standard InChI is InChI=1S/C12H19N5O/c1-9-8-16(2)5-6-17(9)12(18)11-4-3-10(15-13)7-14-11/h3-4,7,9,15H,5-6,8,13H2,1-2H3. The summed E-state index contributed by atoms with van der Waals surface area (Å²) in [6.07, 6.45) is 1.56. The molecule has 0 saturated carbocycles. The van der Waals surface area contributed by atoms with Gasteiger partial charge in [-0.05, 0) is 26.1 Å². The zero-order valence-electron chi connectivity index (χ0n) is 10.8. The van der Waals surface area contributed by atoms with Crippen molar-refractivity contribution < 1.29 is 4.79 Å². The number of hydrogen-bond donors (Lipinski definition) is 2. The van der Waals surface area contributed by atoms with Gasteiger partial charge < -0.3 is 15.2 Å². The molecule has 6 nitrogen and oxygen atoms in total. The molecule has 18 heavy (non-hydrogen) atoms. The van der Waals surface area contributed by atoms with Gasteiger partial charge in [-0.25, -0.2) is 4.98 Å². The molecule has 1 amide bonds. The molecular weight excluding hydrogens is 230 g/mol. The van der Waals surface area contributed by atoms with Gasteiger partial charge in [0, 0.05) is 25.7 Å². The van der Waals surface area contributed by atoms with Gasteiger partial charge in [0.15, 0.2) is 0 Å². The second-order valence-corrected chi connectivity index (χ2v) is 4.69. The Balaban J connectivity index is 2.10. The zero-order chi connectivity index (χ0) is 13.1. The van der Waals surface area contributed by atoms with Crippen LogP contribution in [0, 0.1) is 0 Å². The predicted molar refractivity (Wildman–Crippen MR) is 70.0 cm³/mol. The van der Waals surface area contributed by atoms with Gasteiger partial charge in [-0.1, -0.05) is 0 Å². The number of nitrogens with one attached hydrogen (secondary N) is 1. The van der Waals surface area contributed by atoms with Crippen LogP contribution in [0.4, 0.5) is 5.69 Å². The van der Waals surface area contributed by atoms with Crippen molar-refractivity contribution in [2.75, 3.05) is 32.1 Å². The molecule has 2 rings (SSSR count). The molecule has 6 heteroatoms. The van der Waals surface area contributed by atoms with Crippen molar-refractivity contribution in [1.82, 2.24) is 14.8 Å². The summed E-state index contributed by atoms with van der Waals surface area (Å²) in [5.41, 5.74) is 3.65. The van der Waals surface area contributed by atoms with E-state index in [9.17, 15) is 4.79 Å². The van der Waals surface area contributed by atoms with Crippen molar-refractivity contribution in [2.24, 2.45) is 5.84 Å². The Morgan fingerprint density at radius 3 is 2.83 bits per heavy atom. The van der Waals surface area contributed by atoms with Crippen LogP contribution in [-0.2, 0) is 0 Å². The van der Waals surface area contributed by atoms with Crippen LogP contribution in [0.5, 0.6) is 0 Å². The highest BCUT2D eigenvalue weighted by Crippen LogP contribution is 2.13. The van der Waals surface area contributed by atoms with Crippen molar-refractivity contribution in [3.63, 3.8) is 0 Å². The van der Waals surface area contributed by atoms with Crippen molar-refractivity contribution in [1.29, 1.82) is 0 Å². The van der Waals surface area contributed by atoms with E-state index in [0.717, 1.165) is 19.6 Å². The summed E-state index contributed by atoms with van der Waals surface area (Å²) in [7, 11) is 2.07. The van der Waals surface area contributed by atoms with Gasteiger partial charge in [-0.3, -0.25) is 10.6 Å². The third kappa shape index (κ3) is 2.60. The van der Waals surface area contributed by atoms with Crippen LogP contribution in [0.25, 0.3) is 0 Å². The molecule has 1 aliphatic heterocycles. The normalized spacial score (nSPS) is 20.8. The van der Waals surface area contributed by atoms with Gasteiger partial charge in [0.2, 0.25) is 0 Å². The number of carbonyl (C=O) groups excluding carboxylic acids is 1. The van der Waals surface area contributed by atoms with E-state index in [-0.39, 0.29) is 11.9 Å². The van der Waals surface area contributed by atoms with Gasteiger partial charge in [-0.15, -0.1) is 0 Å². The molecule has 1 atom stereocenters. The maximum Gasteiger partial charge on any atom is 0.272 e. The van der Waals surface area contributed by atoms with Crippen molar-refractivity contribution >= 4 is 11.6 Å². The lowest BCUT2D eigenvalue weighted by atomic mass is 10.1. The number of nitrogen functional groups attached to an aromatic ring is 1. The average molecular weight is 249 g/mol. The first kappa shape index (κ1) is 12.8. The summed E-state index contributed by atoms with van der Waals surface area (Å²) in [6, 6.07) is 3.66. The van der Waals surface area contributed by atoms with Gasteiger partial charge in [-0.2, -0.15) is 0 Å². The van der Waals surface area contributed by atoms with E-state index in [0.29, 0.717) is 11.4 Å². The number of hydrogen-bond acceptors (Lipinski definition) is 5. The fourth-order valence-corrected chi connectivity index (χ4v) is 2.19. The van der Waals surface area contributed by atoms with E-state index < -0.39 is 0 Å². The third-order valence-electron chi connectivity index (χ3n) is 3.24. The largest absolute Gasteiger partial charge is 0.332 e. The number of pyridine rings is 1. The smallest absolute Gasteiger partial charge is 0.272 e. The molecule has 0 spiro atoms. The number of amides is 1. The van der Waals surface area contributed by atoms with Crippen LogP contribution < -0.4 is 11.3 Å². The van der Waals surface area contributed by atoms with E-state index in [1.807, 2.05) is 4.90 Å². The Hall–Kier alpha value is -1.66. The molecule has 1 saturated heterocycles. The van der Waals surface area contributed by atoms with Crippen LogP contribution >= 0.6 is 0 Å². The minimum atomic E-state index is -0.0147. The molecular formula is C12H19N5O. The van der Waals surface area contributed by atoms with E-state index in [2.05, 4.69) is 29.3 Å². The van der Waals surface area contributed by atoms with Gasteiger partial charge in [0.05, 0.1) is 11.9 Å². The first-order valence-electron chi connectivity index (χ1n) is 6.04. The van der Waals surface area contributed by atoms with Gasteiger partial charge in [0.25, 0.3) is 5.91 Å². The molecule has 1 unspecified atom stereocenters. The molecule has 1 fully saturated rings. The molecule has 1 aliphatic rings. The number of carbonyl (C=O) groups is 1. The zero-order valence-corrected chi connectivity index (χ0v) is 10.8. The minimum absolute atomic E-state index is 0.0147. The Morgan fingerprint density at radius 1 is 1.50 bits per heavy atom. The number of anilines is 1. The molecule has 0 aliphatic carbocycles. The third-order valence-corrected chi connectivity index (χ3v) is 3.24.